The molecule has 49 heavy (non-hydrogen) atoms. The van der Waals surface area contributed by atoms with Crippen LogP contribution in [0.4, 0.5) is 5.82 Å². The van der Waals surface area contributed by atoms with E-state index < -0.39 is 50.5 Å². The smallest absolute Gasteiger partial charge is 0.338 e. The van der Waals surface area contributed by atoms with Crippen molar-refractivity contribution in [2.24, 2.45) is 0 Å². The van der Waals surface area contributed by atoms with E-state index in [1.54, 1.807) is 91.0 Å². The lowest BCUT2D eigenvalue weighted by Gasteiger charge is -2.24. The highest BCUT2D eigenvalue weighted by atomic mass is 28.3. The number of rotatable bonds is 8. The van der Waals surface area contributed by atoms with Gasteiger partial charge in [-0.25, -0.2) is 29.0 Å². The normalized spacial score (nSPS) is 18.7. The third kappa shape index (κ3) is 7.51. The number of benzene rings is 3. The van der Waals surface area contributed by atoms with Crippen molar-refractivity contribution in [2.75, 3.05) is 12.3 Å². The lowest BCUT2D eigenvalue weighted by molar-refractivity contribution is -0.0654. The van der Waals surface area contributed by atoms with E-state index in [0.717, 1.165) is 0 Å². The Morgan fingerprint density at radius 2 is 1.33 bits per heavy atom. The molecule has 13 heteroatoms. The Balaban J connectivity index is 1.44. The second-order valence-electron chi connectivity index (χ2n) is 12.3. The van der Waals surface area contributed by atoms with Crippen LogP contribution in [0.5, 0.6) is 0 Å². The van der Waals surface area contributed by atoms with E-state index in [0.29, 0.717) is 16.6 Å². The van der Waals surface area contributed by atoms with Crippen LogP contribution in [0.3, 0.4) is 0 Å². The number of esters is 3. The molecule has 2 N–H and O–H groups in total. The van der Waals surface area contributed by atoms with Crippen LogP contribution < -0.4 is 5.73 Å². The summed E-state index contributed by atoms with van der Waals surface area (Å²) >= 11 is 0. The van der Waals surface area contributed by atoms with Crippen molar-refractivity contribution in [3.8, 4) is 11.5 Å². The number of nitrogens with zero attached hydrogens (tertiary/aromatic N) is 4. The van der Waals surface area contributed by atoms with Gasteiger partial charge in [0.05, 0.1) is 22.1 Å². The van der Waals surface area contributed by atoms with Gasteiger partial charge in [-0.1, -0.05) is 80.2 Å². The van der Waals surface area contributed by atoms with Gasteiger partial charge in [0.1, 0.15) is 38.6 Å². The first kappa shape index (κ1) is 33.1. The monoisotopic (exact) mass is 675 g/mol. The second kappa shape index (κ2) is 14.1. The molecule has 3 aromatic carbocycles. The van der Waals surface area contributed by atoms with E-state index in [1.165, 1.54) is 11.0 Å². The summed E-state index contributed by atoms with van der Waals surface area (Å²) in [5.41, 5.74) is 11.0. The molecule has 4 atom stereocenters. The van der Waals surface area contributed by atoms with Gasteiger partial charge < -0.3 is 24.7 Å². The van der Waals surface area contributed by atoms with Crippen molar-refractivity contribution in [2.45, 2.75) is 44.2 Å². The van der Waals surface area contributed by atoms with Gasteiger partial charge >= 0.3 is 17.9 Å². The number of anilines is 1. The minimum absolute atomic E-state index is 0.146. The molecule has 0 saturated carbocycles. The molecule has 0 bridgehead atoms. The zero-order valence-electron chi connectivity index (χ0n) is 27.0. The van der Waals surface area contributed by atoms with Gasteiger partial charge in [-0.05, 0) is 36.4 Å². The van der Waals surface area contributed by atoms with Gasteiger partial charge in [-0.2, -0.15) is 5.10 Å². The van der Waals surface area contributed by atoms with Gasteiger partial charge in [0.15, 0.2) is 24.1 Å². The zero-order chi connectivity index (χ0) is 34.5. The molecule has 6 rings (SSSR count). The minimum Gasteiger partial charge on any atom is -0.459 e. The predicted octanol–water partition coefficient (Wildman–Crippen LogP) is 4.84. The van der Waals surface area contributed by atoms with Gasteiger partial charge in [-0.3, -0.25) is 0 Å². The molecule has 5 aromatic rings. The van der Waals surface area contributed by atoms with Crippen molar-refractivity contribution in [1.29, 1.82) is 0 Å². The second-order valence-corrected chi connectivity index (χ2v) is 17.0. The highest BCUT2D eigenvalue weighted by molar-refractivity contribution is 6.83. The number of nitrogens with two attached hydrogens (primary N) is 1. The van der Waals surface area contributed by atoms with Crippen LogP contribution in [0.25, 0.3) is 11.0 Å². The third-order valence-electron chi connectivity index (χ3n) is 7.49. The lowest BCUT2D eigenvalue weighted by atomic mass is 10.1. The molecule has 0 amide bonds. The van der Waals surface area contributed by atoms with E-state index in [-0.39, 0.29) is 29.2 Å². The van der Waals surface area contributed by atoms with Crippen molar-refractivity contribution < 1.29 is 33.3 Å². The van der Waals surface area contributed by atoms with E-state index >= 15 is 0 Å². The number of carbonyl (C=O) groups is 3. The van der Waals surface area contributed by atoms with Crippen molar-refractivity contribution in [1.82, 2.24) is 19.7 Å². The molecule has 2 aromatic heterocycles. The molecule has 1 saturated heterocycles. The van der Waals surface area contributed by atoms with Crippen molar-refractivity contribution in [3.05, 3.63) is 120 Å². The Kier molecular flexibility index (Phi) is 9.52. The minimum atomic E-state index is -1.86. The Morgan fingerprint density at radius 1 is 0.796 bits per heavy atom. The SMILES string of the molecule is C[Si](C)(C)C#Cc1nn([C@@H]2O[C@H](COC(=O)c3ccccc3)[C@@H](OC(=O)c3ccccc3)[C@H]2OC(=O)c2ccccc2)c2ncnc(N)c12. The first-order valence-electron chi connectivity index (χ1n) is 15.5. The molecule has 1 aliphatic heterocycles. The van der Waals surface area contributed by atoms with Crippen molar-refractivity contribution in [3.63, 3.8) is 0 Å². The summed E-state index contributed by atoms with van der Waals surface area (Å²) in [5, 5.41) is 5.12. The number of carbonyl (C=O) groups excluding carboxylic acids is 3. The predicted molar refractivity (Wildman–Crippen MR) is 182 cm³/mol. The molecule has 0 aliphatic carbocycles. The number of fused-ring (bicyclic) bond motifs is 1. The van der Waals surface area contributed by atoms with E-state index in [1.807, 2.05) is 0 Å². The molecule has 1 aliphatic rings. The van der Waals surface area contributed by atoms with Crippen LogP contribution in [-0.2, 0) is 18.9 Å². The molecule has 0 spiro atoms. The largest absolute Gasteiger partial charge is 0.459 e. The number of hydrogen-bond acceptors (Lipinski definition) is 11. The molecule has 0 unspecified atom stereocenters. The molecule has 0 radical (unpaired) electrons. The highest BCUT2D eigenvalue weighted by Gasteiger charge is 2.52. The van der Waals surface area contributed by atoms with Gasteiger partial charge in [0, 0.05) is 0 Å². The maximum Gasteiger partial charge on any atom is 0.338 e. The summed E-state index contributed by atoms with van der Waals surface area (Å²) in [4.78, 5) is 48.6. The van der Waals surface area contributed by atoms with Crippen LogP contribution in [0.1, 0.15) is 43.0 Å². The van der Waals surface area contributed by atoms with E-state index in [2.05, 4.69) is 41.1 Å². The zero-order valence-corrected chi connectivity index (χ0v) is 28.0. The Bertz CT molecular complexity index is 2040. The molecule has 248 valence electrons. The topological polar surface area (TPSA) is 158 Å². The molecular formula is C36H33N5O7Si. The van der Waals surface area contributed by atoms with Gasteiger partial charge in [0.2, 0.25) is 0 Å². The summed E-state index contributed by atoms with van der Waals surface area (Å²) in [7, 11) is -1.86. The first-order valence-corrected chi connectivity index (χ1v) is 19.0. The Labute approximate surface area is 283 Å². The fraction of sp³-hybridized carbons (Fsp3) is 0.222. The molecule has 12 nitrogen and oxygen atoms in total. The van der Waals surface area contributed by atoms with Crippen molar-refractivity contribution >= 4 is 42.8 Å². The average Bonchev–Trinajstić information content (AvgIpc) is 3.65. The van der Waals surface area contributed by atoms with E-state index in [9.17, 15) is 14.4 Å². The summed E-state index contributed by atoms with van der Waals surface area (Å²) in [6.45, 7) is 5.91. The summed E-state index contributed by atoms with van der Waals surface area (Å²) in [6, 6.07) is 25.1. The lowest BCUT2D eigenvalue weighted by Crippen LogP contribution is -2.41. The Morgan fingerprint density at radius 3 is 1.88 bits per heavy atom. The number of hydrogen-bond donors (Lipinski definition) is 1. The molecular weight excluding hydrogens is 643 g/mol. The number of ether oxygens (including phenoxy) is 4. The average molecular weight is 676 g/mol. The number of aromatic nitrogens is 4. The van der Waals surface area contributed by atoms with Gasteiger partial charge in [0.25, 0.3) is 0 Å². The highest BCUT2D eigenvalue weighted by Crippen LogP contribution is 2.37. The van der Waals surface area contributed by atoms with Crippen LogP contribution in [0.2, 0.25) is 19.6 Å². The first-order chi connectivity index (χ1) is 23.6. The fourth-order valence-electron chi connectivity index (χ4n) is 5.16. The summed E-state index contributed by atoms with van der Waals surface area (Å²) < 4.78 is 25.6. The Hall–Kier alpha value is -5.84. The van der Waals surface area contributed by atoms with Crippen LogP contribution >= 0.6 is 0 Å². The standard InChI is InChI=1S/C36H33N5O7Si/c1-49(2,3)20-19-26-28-31(37)38-22-39-32(28)41(40-26)33-30(48-36(44)25-17-11-6-12-18-25)29(47-35(43)24-15-9-5-10-16-24)27(46-33)21-45-34(42)23-13-7-4-8-14-23/h4-18,22,27,29-30,33H,21H2,1-3H3,(H2,37,38,39)/t27-,29-,30-,33-/m1/s1. The number of nitrogen functional groups attached to an aromatic ring is 1. The van der Waals surface area contributed by atoms with Crippen LogP contribution in [-0.4, -0.2) is 70.6 Å². The quantitative estimate of drug-likeness (QED) is 0.104. The maximum atomic E-state index is 13.6. The van der Waals surface area contributed by atoms with Gasteiger partial charge in [-0.15, -0.1) is 5.54 Å². The maximum absolute atomic E-state index is 13.6. The van der Waals surface area contributed by atoms with Crippen LogP contribution in [0.15, 0.2) is 97.3 Å². The molecule has 1 fully saturated rings. The third-order valence-corrected chi connectivity index (χ3v) is 8.37. The summed E-state index contributed by atoms with van der Waals surface area (Å²) in [5.74, 6) is 1.25. The fourth-order valence-corrected chi connectivity index (χ4v) is 5.65. The molecule has 3 heterocycles. The van der Waals surface area contributed by atoms with E-state index in [4.69, 9.17) is 29.8 Å². The summed E-state index contributed by atoms with van der Waals surface area (Å²) in [6.07, 6.45) is -3.60. The van der Waals surface area contributed by atoms with Crippen LogP contribution in [0, 0.1) is 11.5 Å².